The average molecular weight is 275 g/mol. The largest absolute Gasteiger partial charge is 0.492 e. The molecule has 0 aromatic heterocycles. The van der Waals surface area contributed by atoms with Crippen LogP contribution in [0.25, 0.3) is 0 Å². The summed E-state index contributed by atoms with van der Waals surface area (Å²) in [5, 5.41) is 1.22. The van der Waals surface area contributed by atoms with Gasteiger partial charge in [0.2, 0.25) is 0 Å². The first-order chi connectivity index (χ1) is 8.09. The van der Waals surface area contributed by atoms with Crippen molar-refractivity contribution in [1.29, 1.82) is 0 Å². The van der Waals surface area contributed by atoms with Crippen LogP contribution in [0.3, 0.4) is 0 Å². The van der Waals surface area contributed by atoms with Crippen LogP contribution in [0.15, 0.2) is 18.2 Å². The maximum atomic E-state index is 6.00. The summed E-state index contributed by atoms with van der Waals surface area (Å²) in [4.78, 5) is 0. The Balaban J connectivity index is 2.18. The van der Waals surface area contributed by atoms with Gasteiger partial charge in [-0.1, -0.05) is 56.3 Å². The lowest BCUT2D eigenvalue weighted by Crippen LogP contribution is -1.98. The second-order valence-electron chi connectivity index (χ2n) is 4.67. The van der Waals surface area contributed by atoms with Crippen LogP contribution in [-0.4, -0.2) is 6.61 Å². The molecule has 0 amide bonds. The van der Waals surface area contributed by atoms with Gasteiger partial charge >= 0.3 is 0 Å². The van der Waals surface area contributed by atoms with Crippen molar-refractivity contribution >= 4 is 23.2 Å². The lowest BCUT2D eigenvalue weighted by Gasteiger charge is -2.08. The molecule has 0 aliphatic carbocycles. The van der Waals surface area contributed by atoms with Gasteiger partial charge in [0.05, 0.1) is 11.6 Å². The van der Waals surface area contributed by atoms with Crippen molar-refractivity contribution in [2.75, 3.05) is 6.61 Å². The third kappa shape index (κ3) is 6.18. The van der Waals surface area contributed by atoms with Gasteiger partial charge in [0, 0.05) is 5.02 Å². The fraction of sp³-hybridized carbons (Fsp3) is 0.571. The molecule has 0 radical (unpaired) electrons. The molecule has 96 valence electrons. The van der Waals surface area contributed by atoms with Crippen LogP contribution >= 0.6 is 23.2 Å². The molecule has 3 heteroatoms. The molecule has 0 saturated heterocycles. The maximum absolute atomic E-state index is 6.00. The summed E-state index contributed by atoms with van der Waals surface area (Å²) in [5.74, 6) is 1.52. The summed E-state index contributed by atoms with van der Waals surface area (Å²) in [6, 6.07) is 5.32. The fourth-order valence-corrected chi connectivity index (χ4v) is 2.07. The first-order valence-corrected chi connectivity index (χ1v) is 6.93. The van der Waals surface area contributed by atoms with Crippen LogP contribution in [0.1, 0.15) is 39.5 Å². The Hall–Kier alpha value is -0.400. The van der Waals surface area contributed by atoms with Crippen molar-refractivity contribution in [2.24, 2.45) is 5.92 Å². The fourth-order valence-electron chi connectivity index (χ4n) is 1.61. The second kappa shape index (κ2) is 7.84. The summed E-state index contributed by atoms with van der Waals surface area (Å²) in [5.41, 5.74) is 0. The molecule has 0 heterocycles. The van der Waals surface area contributed by atoms with Crippen molar-refractivity contribution in [3.05, 3.63) is 28.2 Å². The Kier molecular flexibility index (Phi) is 6.76. The monoisotopic (exact) mass is 274 g/mol. The van der Waals surface area contributed by atoms with E-state index in [-0.39, 0.29) is 0 Å². The van der Waals surface area contributed by atoms with Crippen molar-refractivity contribution in [3.8, 4) is 5.75 Å². The van der Waals surface area contributed by atoms with E-state index in [9.17, 15) is 0 Å². The normalized spacial score (nSPS) is 10.9. The van der Waals surface area contributed by atoms with Gasteiger partial charge < -0.3 is 4.74 Å². The minimum absolute atomic E-state index is 0.583. The smallest absolute Gasteiger partial charge is 0.137 e. The van der Waals surface area contributed by atoms with E-state index in [1.165, 1.54) is 19.3 Å². The van der Waals surface area contributed by atoms with Crippen LogP contribution in [0.5, 0.6) is 5.75 Å². The van der Waals surface area contributed by atoms with Crippen molar-refractivity contribution in [3.63, 3.8) is 0 Å². The second-order valence-corrected chi connectivity index (χ2v) is 5.51. The van der Waals surface area contributed by atoms with E-state index in [1.54, 1.807) is 12.1 Å². The number of ether oxygens (including phenoxy) is 1. The third-order valence-electron chi connectivity index (χ3n) is 2.58. The van der Waals surface area contributed by atoms with Gasteiger partial charge in [-0.3, -0.25) is 0 Å². The van der Waals surface area contributed by atoms with Crippen LogP contribution in [0.4, 0.5) is 0 Å². The lowest BCUT2D eigenvalue weighted by atomic mass is 10.1. The third-order valence-corrected chi connectivity index (χ3v) is 3.11. The van der Waals surface area contributed by atoms with Gasteiger partial charge in [-0.05, 0) is 30.5 Å². The molecule has 0 aliphatic heterocycles. The van der Waals surface area contributed by atoms with Gasteiger partial charge in [0.15, 0.2) is 0 Å². The summed E-state index contributed by atoms with van der Waals surface area (Å²) in [6.45, 7) is 5.23. The molecule has 0 N–H and O–H groups in total. The van der Waals surface area contributed by atoms with Crippen LogP contribution in [-0.2, 0) is 0 Å². The molecule has 0 fully saturated rings. The lowest BCUT2D eigenvalue weighted by molar-refractivity contribution is 0.303. The molecule has 1 rings (SSSR count). The zero-order valence-corrected chi connectivity index (χ0v) is 12.0. The quantitative estimate of drug-likeness (QED) is 0.589. The Morgan fingerprint density at radius 3 is 2.53 bits per heavy atom. The molecule has 17 heavy (non-hydrogen) atoms. The van der Waals surface area contributed by atoms with Gasteiger partial charge in [0.1, 0.15) is 5.75 Å². The molecule has 1 aromatic rings. The SMILES string of the molecule is CC(C)CCCCCOc1ccc(Cl)cc1Cl. The number of halogens is 2. The van der Waals surface area contributed by atoms with Gasteiger partial charge in [-0.2, -0.15) is 0 Å². The Morgan fingerprint density at radius 1 is 1.12 bits per heavy atom. The van der Waals surface area contributed by atoms with Crippen LogP contribution in [0.2, 0.25) is 10.0 Å². The zero-order chi connectivity index (χ0) is 12.7. The molecule has 0 bridgehead atoms. The maximum Gasteiger partial charge on any atom is 0.137 e. The number of unbranched alkanes of at least 4 members (excludes halogenated alkanes) is 2. The zero-order valence-electron chi connectivity index (χ0n) is 10.5. The summed E-state index contributed by atoms with van der Waals surface area (Å²) in [6.07, 6.45) is 4.85. The van der Waals surface area contributed by atoms with Crippen LogP contribution < -0.4 is 4.74 Å². The molecule has 1 aromatic carbocycles. The first kappa shape index (κ1) is 14.7. The van der Waals surface area contributed by atoms with E-state index in [0.29, 0.717) is 10.0 Å². The Bertz CT molecular complexity index is 337. The minimum atomic E-state index is 0.583. The predicted molar refractivity (Wildman–Crippen MR) is 75.3 cm³/mol. The summed E-state index contributed by atoms with van der Waals surface area (Å²) >= 11 is 11.8. The highest BCUT2D eigenvalue weighted by molar-refractivity contribution is 6.35. The molecule has 0 atom stereocenters. The molecule has 1 nitrogen and oxygen atoms in total. The highest BCUT2D eigenvalue weighted by Crippen LogP contribution is 2.27. The number of hydrogen-bond acceptors (Lipinski definition) is 1. The highest BCUT2D eigenvalue weighted by Gasteiger charge is 2.02. The van der Waals surface area contributed by atoms with Gasteiger partial charge in [-0.15, -0.1) is 0 Å². The number of hydrogen-bond donors (Lipinski definition) is 0. The number of rotatable bonds is 7. The molecule has 0 saturated carbocycles. The van der Waals surface area contributed by atoms with Gasteiger partial charge in [-0.25, -0.2) is 0 Å². The predicted octanol–water partition coefficient (Wildman–Crippen LogP) is 5.59. The van der Waals surface area contributed by atoms with Crippen molar-refractivity contribution in [1.82, 2.24) is 0 Å². The summed E-state index contributed by atoms with van der Waals surface area (Å²) in [7, 11) is 0. The first-order valence-electron chi connectivity index (χ1n) is 6.17. The minimum Gasteiger partial charge on any atom is -0.492 e. The standard InChI is InChI=1S/C14H20Cl2O/c1-11(2)6-4-3-5-9-17-14-8-7-12(15)10-13(14)16/h7-8,10-11H,3-6,9H2,1-2H3. The van der Waals surface area contributed by atoms with E-state index in [1.807, 2.05) is 6.07 Å². The topological polar surface area (TPSA) is 9.23 Å². The van der Waals surface area contributed by atoms with E-state index >= 15 is 0 Å². The molecule has 0 spiro atoms. The molecule has 0 aliphatic rings. The average Bonchev–Trinajstić information content (AvgIpc) is 2.25. The molecular weight excluding hydrogens is 255 g/mol. The van der Waals surface area contributed by atoms with Crippen molar-refractivity contribution < 1.29 is 4.74 Å². The van der Waals surface area contributed by atoms with Gasteiger partial charge in [0.25, 0.3) is 0 Å². The number of benzene rings is 1. The Labute approximate surface area is 114 Å². The van der Waals surface area contributed by atoms with E-state index in [2.05, 4.69) is 13.8 Å². The van der Waals surface area contributed by atoms with Crippen molar-refractivity contribution in [2.45, 2.75) is 39.5 Å². The van der Waals surface area contributed by atoms with E-state index in [4.69, 9.17) is 27.9 Å². The molecular formula is C14H20Cl2O. The van der Waals surface area contributed by atoms with Crippen LogP contribution in [0, 0.1) is 5.92 Å². The summed E-state index contributed by atoms with van der Waals surface area (Å²) < 4.78 is 5.61. The van der Waals surface area contributed by atoms with E-state index < -0.39 is 0 Å². The van der Waals surface area contributed by atoms with E-state index in [0.717, 1.165) is 24.7 Å². The molecule has 0 unspecified atom stereocenters. The highest BCUT2D eigenvalue weighted by atomic mass is 35.5. The Morgan fingerprint density at radius 2 is 1.88 bits per heavy atom.